The number of aliphatic imine (C=N–C) groups is 1. The Bertz CT molecular complexity index is 791. The van der Waals surface area contributed by atoms with Gasteiger partial charge in [-0.05, 0) is 49.2 Å². The lowest BCUT2D eigenvalue weighted by atomic mass is 10.3. The number of aromatic nitrogens is 1. The van der Waals surface area contributed by atoms with Crippen molar-refractivity contribution in [3.63, 3.8) is 0 Å². The van der Waals surface area contributed by atoms with Crippen molar-refractivity contribution >= 4 is 35.8 Å². The lowest BCUT2D eigenvalue weighted by Gasteiger charge is -2.20. The highest BCUT2D eigenvalue weighted by Crippen LogP contribution is 2.20. The Kier molecular flexibility index (Phi) is 9.36. The van der Waals surface area contributed by atoms with Gasteiger partial charge in [-0.1, -0.05) is 0 Å². The van der Waals surface area contributed by atoms with E-state index in [1.165, 1.54) is 18.2 Å². The number of ether oxygens (including phenoxy) is 1. The fourth-order valence-electron chi connectivity index (χ4n) is 3.07. The summed E-state index contributed by atoms with van der Waals surface area (Å²) < 4.78 is 32.3. The lowest BCUT2D eigenvalue weighted by molar-refractivity contribution is 0.310. The highest BCUT2D eigenvalue weighted by molar-refractivity contribution is 14.0. The van der Waals surface area contributed by atoms with Gasteiger partial charge in [0.1, 0.15) is 11.6 Å². The molecular weight excluding hydrogens is 491 g/mol. The molecule has 2 aromatic rings. The highest BCUT2D eigenvalue weighted by Gasteiger charge is 2.25. The van der Waals surface area contributed by atoms with Crippen molar-refractivity contribution in [2.24, 2.45) is 4.99 Å². The van der Waals surface area contributed by atoms with E-state index in [0.717, 1.165) is 19.4 Å². The van der Waals surface area contributed by atoms with E-state index in [4.69, 9.17) is 4.74 Å². The molecule has 1 fully saturated rings. The van der Waals surface area contributed by atoms with Crippen molar-refractivity contribution < 1.29 is 13.5 Å². The minimum Gasteiger partial charge on any atom is -0.494 e. The zero-order chi connectivity index (χ0) is 19.8. The first-order valence-corrected chi connectivity index (χ1v) is 9.36. The number of hydrogen-bond donors (Lipinski definition) is 2. The minimum absolute atomic E-state index is 0. The Labute approximate surface area is 186 Å². The van der Waals surface area contributed by atoms with Crippen molar-refractivity contribution in [3.05, 3.63) is 54.2 Å². The number of hydrogen-bond acceptors (Lipinski definition) is 4. The zero-order valence-corrected chi connectivity index (χ0v) is 18.6. The van der Waals surface area contributed by atoms with E-state index in [1.807, 2.05) is 4.90 Å². The van der Waals surface area contributed by atoms with E-state index in [2.05, 4.69) is 20.6 Å². The van der Waals surface area contributed by atoms with Crippen LogP contribution in [0.1, 0.15) is 12.8 Å². The van der Waals surface area contributed by atoms with Gasteiger partial charge in [-0.25, -0.2) is 13.8 Å². The summed E-state index contributed by atoms with van der Waals surface area (Å²) >= 11 is 0. The topological polar surface area (TPSA) is 61.8 Å². The van der Waals surface area contributed by atoms with Gasteiger partial charge < -0.3 is 20.3 Å². The predicted octanol–water partition coefficient (Wildman–Crippen LogP) is 3.19. The molecule has 0 radical (unpaired) electrons. The van der Waals surface area contributed by atoms with Crippen molar-refractivity contribution in [2.45, 2.75) is 18.9 Å². The molecule has 2 N–H and O–H groups in total. The van der Waals surface area contributed by atoms with Crippen LogP contribution in [-0.4, -0.2) is 50.3 Å². The molecule has 0 aliphatic carbocycles. The van der Waals surface area contributed by atoms with Gasteiger partial charge in [0.15, 0.2) is 17.6 Å². The second kappa shape index (κ2) is 11.7. The van der Waals surface area contributed by atoms with Gasteiger partial charge in [-0.2, -0.15) is 0 Å². The molecule has 0 saturated carbocycles. The largest absolute Gasteiger partial charge is 0.494 e. The fraction of sp³-hybridized carbons (Fsp3) is 0.400. The molecule has 158 valence electrons. The van der Waals surface area contributed by atoms with Crippen LogP contribution < -0.4 is 20.3 Å². The molecule has 1 aromatic carbocycles. The first-order chi connectivity index (χ1) is 13.7. The molecule has 1 aliphatic rings. The van der Waals surface area contributed by atoms with Crippen LogP contribution in [0.4, 0.5) is 14.6 Å². The van der Waals surface area contributed by atoms with E-state index in [0.29, 0.717) is 37.2 Å². The fourth-order valence-corrected chi connectivity index (χ4v) is 3.07. The summed E-state index contributed by atoms with van der Waals surface area (Å²) in [4.78, 5) is 10.3. The van der Waals surface area contributed by atoms with Crippen molar-refractivity contribution in [1.29, 1.82) is 0 Å². The van der Waals surface area contributed by atoms with Gasteiger partial charge >= 0.3 is 0 Å². The monoisotopic (exact) mass is 517 g/mol. The zero-order valence-electron chi connectivity index (χ0n) is 16.3. The SMILES string of the molecule is CN=C(NCCCOc1ccc(F)cc1)NC1CCN(c2ncccc2F)C1.I. The number of benzene rings is 1. The molecule has 1 aromatic heterocycles. The van der Waals surface area contributed by atoms with Gasteiger partial charge in [0.2, 0.25) is 0 Å². The average Bonchev–Trinajstić information content (AvgIpc) is 3.17. The van der Waals surface area contributed by atoms with Crippen LogP contribution in [0.5, 0.6) is 5.75 Å². The summed E-state index contributed by atoms with van der Waals surface area (Å²) in [7, 11) is 1.72. The summed E-state index contributed by atoms with van der Waals surface area (Å²) in [5.74, 6) is 1.17. The second-order valence-corrected chi connectivity index (χ2v) is 6.54. The molecule has 1 unspecified atom stereocenters. The van der Waals surface area contributed by atoms with E-state index < -0.39 is 0 Å². The van der Waals surface area contributed by atoms with Gasteiger partial charge in [-0.15, -0.1) is 24.0 Å². The third-order valence-electron chi connectivity index (χ3n) is 4.49. The molecule has 2 heterocycles. The molecule has 1 aliphatic heterocycles. The third-order valence-corrected chi connectivity index (χ3v) is 4.49. The molecule has 29 heavy (non-hydrogen) atoms. The molecule has 9 heteroatoms. The lowest BCUT2D eigenvalue weighted by Crippen LogP contribution is -2.45. The van der Waals surface area contributed by atoms with E-state index in [9.17, 15) is 8.78 Å². The molecule has 1 atom stereocenters. The second-order valence-electron chi connectivity index (χ2n) is 6.54. The van der Waals surface area contributed by atoms with Gasteiger partial charge in [0, 0.05) is 38.9 Å². The summed E-state index contributed by atoms with van der Waals surface area (Å²) in [6, 6.07) is 9.16. The van der Waals surface area contributed by atoms with Crippen LogP contribution >= 0.6 is 24.0 Å². The average molecular weight is 517 g/mol. The van der Waals surface area contributed by atoms with Crippen LogP contribution in [0.3, 0.4) is 0 Å². The Morgan fingerprint density at radius 1 is 1.28 bits per heavy atom. The van der Waals surface area contributed by atoms with Gasteiger partial charge in [0.25, 0.3) is 0 Å². The van der Waals surface area contributed by atoms with Crippen LogP contribution in [-0.2, 0) is 0 Å². The number of halogens is 3. The Morgan fingerprint density at radius 3 is 2.79 bits per heavy atom. The number of guanidine groups is 1. The standard InChI is InChI=1S/C20H25F2N5O.HI/c1-23-20(25-11-3-13-28-17-7-5-15(21)6-8-17)26-16-9-12-27(14-16)19-18(22)4-2-10-24-19;/h2,4-8,10,16H,3,9,11-14H2,1H3,(H2,23,25,26);1H. The maximum atomic E-state index is 13.9. The molecule has 6 nitrogen and oxygen atoms in total. The van der Waals surface area contributed by atoms with Crippen LogP contribution in [0.15, 0.2) is 47.6 Å². The molecule has 0 spiro atoms. The number of rotatable bonds is 7. The first-order valence-electron chi connectivity index (χ1n) is 9.36. The predicted molar refractivity (Wildman–Crippen MR) is 121 cm³/mol. The summed E-state index contributed by atoms with van der Waals surface area (Å²) in [5.41, 5.74) is 0. The first kappa shape index (κ1) is 23.1. The van der Waals surface area contributed by atoms with E-state index in [1.54, 1.807) is 31.4 Å². The minimum atomic E-state index is -0.299. The van der Waals surface area contributed by atoms with Crippen molar-refractivity contribution in [3.8, 4) is 5.75 Å². The van der Waals surface area contributed by atoms with E-state index >= 15 is 0 Å². The quantitative estimate of drug-likeness (QED) is 0.256. The van der Waals surface area contributed by atoms with Gasteiger partial charge in [-0.3, -0.25) is 4.99 Å². The van der Waals surface area contributed by atoms with Crippen LogP contribution in [0, 0.1) is 11.6 Å². The number of pyridine rings is 1. The molecule has 0 bridgehead atoms. The van der Waals surface area contributed by atoms with Crippen molar-refractivity contribution in [2.75, 3.05) is 38.2 Å². The van der Waals surface area contributed by atoms with Crippen LogP contribution in [0.25, 0.3) is 0 Å². The Morgan fingerprint density at radius 2 is 2.07 bits per heavy atom. The third kappa shape index (κ3) is 6.98. The Balaban J connectivity index is 0.00000300. The maximum Gasteiger partial charge on any atom is 0.191 e. The highest BCUT2D eigenvalue weighted by atomic mass is 127. The molecular formula is C20H26F2IN5O. The van der Waals surface area contributed by atoms with Crippen LogP contribution in [0.2, 0.25) is 0 Å². The number of anilines is 1. The maximum absolute atomic E-state index is 13.9. The molecule has 1 saturated heterocycles. The summed E-state index contributed by atoms with van der Waals surface area (Å²) in [6.45, 7) is 2.62. The van der Waals surface area contributed by atoms with Gasteiger partial charge in [0.05, 0.1) is 6.61 Å². The molecule has 0 amide bonds. The number of nitrogens with zero attached hydrogens (tertiary/aromatic N) is 3. The molecule has 3 rings (SSSR count). The Hall–Kier alpha value is -2.17. The van der Waals surface area contributed by atoms with Crippen molar-refractivity contribution in [1.82, 2.24) is 15.6 Å². The van der Waals surface area contributed by atoms with E-state index in [-0.39, 0.29) is 41.7 Å². The smallest absolute Gasteiger partial charge is 0.191 e. The normalized spacial score (nSPS) is 16.3. The summed E-state index contributed by atoms with van der Waals surface area (Å²) in [5, 5.41) is 6.61. The number of nitrogens with one attached hydrogen (secondary N) is 2. The summed E-state index contributed by atoms with van der Waals surface area (Å²) in [6.07, 6.45) is 3.26.